The maximum atomic E-state index is 6.30. The number of piperazine rings is 1. The molecular weight excluding hydrogens is 444 g/mol. The minimum absolute atomic E-state index is 0.354. The predicted octanol–water partition coefficient (Wildman–Crippen LogP) is 4.96. The summed E-state index contributed by atoms with van der Waals surface area (Å²) in [5.74, 6) is 1.68. The van der Waals surface area contributed by atoms with E-state index in [2.05, 4.69) is 42.8 Å². The molecule has 1 fully saturated rings. The summed E-state index contributed by atoms with van der Waals surface area (Å²) >= 11 is 7.95. The van der Waals surface area contributed by atoms with Gasteiger partial charge in [0.05, 0.1) is 22.9 Å². The molecule has 0 unspecified atom stereocenters. The van der Waals surface area contributed by atoms with Gasteiger partial charge in [-0.3, -0.25) is 4.90 Å². The van der Waals surface area contributed by atoms with Crippen LogP contribution in [0.5, 0.6) is 0 Å². The highest BCUT2D eigenvalue weighted by atomic mass is 35.5. The second-order valence-electron chi connectivity index (χ2n) is 8.13. The van der Waals surface area contributed by atoms with Crippen LogP contribution in [0.15, 0.2) is 58.7 Å². The standard InChI is InChI=1S/C23H21ClN6OS/c1-15-12-29(8-7-28(15)13-16-6-9-31-14-16)23-25-19-11-17(24)4-5-18(19)21-26-27-22(30(21)23)20-3-2-10-32-20/h2-6,9-11,14-15H,7-8,12-13H2,1H3/t15-/m0/s1. The number of rotatable bonds is 4. The van der Waals surface area contributed by atoms with Crippen molar-refractivity contribution in [2.45, 2.75) is 19.5 Å². The first-order chi connectivity index (χ1) is 15.7. The molecule has 4 aromatic heterocycles. The van der Waals surface area contributed by atoms with Crippen LogP contribution in [0.3, 0.4) is 0 Å². The van der Waals surface area contributed by atoms with E-state index >= 15 is 0 Å². The number of hydrogen-bond acceptors (Lipinski definition) is 7. The summed E-state index contributed by atoms with van der Waals surface area (Å²) in [7, 11) is 0. The van der Waals surface area contributed by atoms with Gasteiger partial charge in [0.25, 0.3) is 0 Å². The number of halogens is 1. The quantitative estimate of drug-likeness (QED) is 0.374. The van der Waals surface area contributed by atoms with Gasteiger partial charge in [-0.05, 0) is 42.6 Å². The third-order valence-corrected chi connectivity index (χ3v) is 7.14. The molecule has 7 nitrogen and oxygen atoms in total. The fourth-order valence-electron chi connectivity index (χ4n) is 4.40. The molecule has 0 N–H and O–H groups in total. The van der Waals surface area contributed by atoms with Gasteiger partial charge in [0, 0.05) is 48.2 Å². The highest BCUT2D eigenvalue weighted by molar-refractivity contribution is 7.13. The Balaban J connectivity index is 1.44. The Morgan fingerprint density at radius 2 is 2.12 bits per heavy atom. The van der Waals surface area contributed by atoms with Crippen LogP contribution in [0, 0.1) is 0 Å². The van der Waals surface area contributed by atoms with E-state index in [9.17, 15) is 0 Å². The molecule has 1 aliphatic heterocycles. The number of hydrogen-bond donors (Lipinski definition) is 0. The number of anilines is 1. The molecule has 32 heavy (non-hydrogen) atoms. The highest BCUT2D eigenvalue weighted by Crippen LogP contribution is 2.32. The lowest BCUT2D eigenvalue weighted by molar-refractivity contribution is 0.179. The second-order valence-corrected chi connectivity index (χ2v) is 9.51. The van der Waals surface area contributed by atoms with Crippen molar-refractivity contribution in [1.82, 2.24) is 24.5 Å². The van der Waals surface area contributed by atoms with E-state index in [1.54, 1.807) is 17.6 Å². The van der Waals surface area contributed by atoms with E-state index < -0.39 is 0 Å². The van der Waals surface area contributed by atoms with Gasteiger partial charge in [-0.25, -0.2) is 9.38 Å². The second kappa shape index (κ2) is 7.88. The van der Waals surface area contributed by atoms with Gasteiger partial charge < -0.3 is 9.32 Å². The Morgan fingerprint density at radius 1 is 1.19 bits per heavy atom. The Hall–Kier alpha value is -2.94. The predicted molar refractivity (Wildman–Crippen MR) is 127 cm³/mol. The maximum Gasteiger partial charge on any atom is 0.213 e. The summed E-state index contributed by atoms with van der Waals surface area (Å²) in [4.78, 5) is 10.9. The Labute approximate surface area is 193 Å². The first-order valence-electron chi connectivity index (χ1n) is 10.6. The van der Waals surface area contributed by atoms with Gasteiger partial charge in [0.2, 0.25) is 5.95 Å². The summed E-state index contributed by atoms with van der Waals surface area (Å²) in [6.45, 7) is 5.79. The van der Waals surface area contributed by atoms with Crippen LogP contribution < -0.4 is 4.90 Å². The van der Waals surface area contributed by atoms with Crippen molar-refractivity contribution in [3.63, 3.8) is 0 Å². The Morgan fingerprint density at radius 3 is 2.91 bits per heavy atom. The van der Waals surface area contributed by atoms with E-state index in [4.69, 9.17) is 21.0 Å². The molecular formula is C23H21ClN6OS. The van der Waals surface area contributed by atoms with Crippen molar-refractivity contribution < 1.29 is 4.42 Å². The minimum Gasteiger partial charge on any atom is -0.472 e. The molecule has 0 spiro atoms. The first-order valence-corrected chi connectivity index (χ1v) is 11.8. The molecule has 1 aromatic carbocycles. The molecule has 6 rings (SSSR count). The highest BCUT2D eigenvalue weighted by Gasteiger charge is 2.28. The molecule has 1 atom stereocenters. The zero-order valence-corrected chi connectivity index (χ0v) is 19.1. The molecule has 0 bridgehead atoms. The van der Waals surface area contributed by atoms with Gasteiger partial charge >= 0.3 is 0 Å². The third-order valence-electron chi connectivity index (χ3n) is 6.04. The van der Waals surface area contributed by atoms with E-state index in [1.165, 1.54) is 5.56 Å². The van der Waals surface area contributed by atoms with Crippen molar-refractivity contribution in [3.05, 3.63) is 64.9 Å². The summed E-state index contributed by atoms with van der Waals surface area (Å²) in [6, 6.07) is 12.2. The van der Waals surface area contributed by atoms with Gasteiger partial charge in [0.1, 0.15) is 0 Å². The largest absolute Gasteiger partial charge is 0.472 e. The zero-order chi connectivity index (χ0) is 21.7. The average Bonchev–Trinajstić information content (AvgIpc) is 3.56. The van der Waals surface area contributed by atoms with Crippen LogP contribution in [0.25, 0.3) is 27.3 Å². The van der Waals surface area contributed by atoms with E-state index in [-0.39, 0.29) is 0 Å². The molecule has 1 saturated heterocycles. The molecule has 0 radical (unpaired) electrons. The molecule has 0 aliphatic carbocycles. The molecule has 9 heteroatoms. The van der Waals surface area contributed by atoms with Crippen molar-refractivity contribution in [3.8, 4) is 10.7 Å². The van der Waals surface area contributed by atoms with Crippen LogP contribution in [0.2, 0.25) is 5.02 Å². The topological polar surface area (TPSA) is 62.7 Å². The van der Waals surface area contributed by atoms with Gasteiger partial charge in [-0.1, -0.05) is 17.7 Å². The van der Waals surface area contributed by atoms with Crippen molar-refractivity contribution in [2.24, 2.45) is 0 Å². The summed E-state index contributed by atoms with van der Waals surface area (Å²) < 4.78 is 7.34. The number of fused-ring (bicyclic) bond motifs is 3. The lowest BCUT2D eigenvalue weighted by Gasteiger charge is -2.40. The molecule has 0 amide bonds. The monoisotopic (exact) mass is 464 g/mol. The van der Waals surface area contributed by atoms with Crippen molar-refractivity contribution in [1.29, 1.82) is 0 Å². The fraction of sp³-hybridized carbons (Fsp3) is 0.261. The summed E-state index contributed by atoms with van der Waals surface area (Å²) in [5, 5.41) is 12.8. The zero-order valence-electron chi connectivity index (χ0n) is 17.5. The van der Waals surface area contributed by atoms with E-state index in [0.717, 1.165) is 59.4 Å². The summed E-state index contributed by atoms with van der Waals surface area (Å²) in [5.41, 5.74) is 2.84. The number of furan rings is 1. The van der Waals surface area contributed by atoms with Crippen LogP contribution in [-0.4, -0.2) is 50.2 Å². The van der Waals surface area contributed by atoms with Crippen LogP contribution in [-0.2, 0) is 6.54 Å². The molecule has 5 aromatic rings. The van der Waals surface area contributed by atoms with Crippen molar-refractivity contribution in [2.75, 3.05) is 24.5 Å². The van der Waals surface area contributed by atoms with Gasteiger partial charge in [-0.2, -0.15) is 0 Å². The number of benzene rings is 1. The van der Waals surface area contributed by atoms with Crippen LogP contribution >= 0.6 is 22.9 Å². The minimum atomic E-state index is 0.354. The van der Waals surface area contributed by atoms with Crippen LogP contribution in [0.4, 0.5) is 5.95 Å². The Kier molecular flexibility index (Phi) is 4.86. The molecule has 0 saturated carbocycles. The number of thiophene rings is 1. The number of nitrogens with zero attached hydrogens (tertiary/aromatic N) is 6. The maximum absolute atomic E-state index is 6.30. The summed E-state index contributed by atoms with van der Waals surface area (Å²) in [6.07, 6.45) is 3.55. The van der Waals surface area contributed by atoms with Gasteiger partial charge in [-0.15, -0.1) is 21.5 Å². The van der Waals surface area contributed by atoms with Gasteiger partial charge in [0.15, 0.2) is 11.5 Å². The molecule has 1 aliphatic rings. The lowest BCUT2D eigenvalue weighted by Crippen LogP contribution is -2.52. The number of aromatic nitrogens is 4. The smallest absolute Gasteiger partial charge is 0.213 e. The third kappa shape index (κ3) is 3.35. The SMILES string of the molecule is C[C@H]1CN(c2nc3cc(Cl)ccc3c3nnc(-c4cccs4)n23)CCN1Cc1ccoc1. The van der Waals surface area contributed by atoms with Crippen molar-refractivity contribution >= 4 is 45.4 Å². The molecule has 5 heterocycles. The first kappa shape index (κ1) is 19.7. The normalized spacial score (nSPS) is 17.6. The fourth-order valence-corrected chi connectivity index (χ4v) is 5.26. The van der Waals surface area contributed by atoms with E-state index in [0.29, 0.717) is 11.1 Å². The average molecular weight is 465 g/mol. The molecule has 162 valence electrons. The lowest BCUT2D eigenvalue weighted by atomic mass is 10.1. The Bertz CT molecular complexity index is 1380. The van der Waals surface area contributed by atoms with Crippen LogP contribution in [0.1, 0.15) is 12.5 Å². The van der Waals surface area contributed by atoms with E-state index in [1.807, 2.05) is 36.6 Å².